The van der Waals surface area contributed by atoms with E-state index in [4.69, 9.17) is 4.98 Å². The second-order valence-electron chi connectivity index (χ2n) is 7.31. The number of aryl methyl sites for hydroxylation is 2. The van der Waals surface area contributed by atoms with Crippen LogP contribution in [0.15, 0.2) is 53.2 Å². The van der Waals surface area contributed by atoms with E-state index in [9.17, 15) is 13.6 Å². The number of rotatable bonds is 6. The van der Waals surface area contributed by atoms with Crippen LogP contribution in [0, 0.1) is 6.92 Å². The second-order valence-corrected chi connectivity index (χ2v) is 9.11. The first-order valence-corrected chi connectivity index (χ1v) is 11.9. The number of ether oxygens (including phenoxy) is 1. The number of carbonyl (C=O) groups excluding carboxylic acids is 1. The van der Waals surface area contributed by atoms with Gasteiger partial charge in [-0.05, 0) is 36.6 Å². The lowest BCUT2D eigenvalue weighted by atomic mass is 10.1. The maximum atomic E-state index is 13.3. The number of thiazole rings is 1. The molecule has 11 heteroatoms. The monoisotopic (exact) mass is 497 g/mol. The molecule has 0 aliphatic rings. The molecule has 34 heavy (non-hydrogen) atoms. The van der Waals surface area contributed by atoms with Crippen LogP contribution in [0.5, 0.6) is 5.75 Å². The number of thiophene rings is 1. The van der Waals surface area contributed by atoms with Gasteiger partial charge in [-0.2, -0.15) is 13.9 Å². The molecule has 0 saturated carbocycles. The summed E-state index contributed by atoms with van der Waals surface area (Å²) >= 11 is 2.72. The number of para-hydroxylation sites is 1. The predicted molar refractivity (Wildman–Crippen MR) is 129 cm³/mol. The Labute approximate surface area is 200 Å². The van der Waals surface area contributed by atoms with Crippen LogP contribution in [-0.4, -0.2) is 32.3 Å². The Morgan fingerprint density at radius 2 is 1.94 bits per heavy atom. The highest BCUT2D eigenvalue weighted by Gasteiger charge is 2.21. The molecule has 1 aromatic carbocycles. The number of amides is 1. The second kappa shape index (κ2) is 8.92. The Hall–Kier alpha value is -3.70. The summed E-state index contributed by atoms with van der Waals surface area (Å²) in [4.78, 5) is 23.4. The van der Waals surface area contributed by atoms with E-state index in [1.165, 1.54) is 28.7 Å². The van der Waals surface area contributed by atoms with Gasteiger partial charge >= 0.3 is 6.61 Å². The topological polar surface area (TPSA) is 81.9 Å². The molecule has 0 fully saturated rings. The first-order chi connectivity index (χ1) is 16.4. The molecule has 7 nitrogen and oxygen atoms in total. The van der Waals surface area contributed by atoms with Gasteiger partial charge < -0.3 is 4.74 Å². The SMILES string of the molecule is Cc1nn(C)c2nc(-c3cccs3)cc(C(=O)Nc3nc(-c4ccccc4OC(F)F)cs3)c12. The van der Waals surface area contributed by atoms with Crippen molar-refractivity contribution in [2.75, 3.05) is 5.32 Å². The zero-order valence-electron chi connectivity index (χ0n) is 18.0. The lowest BCUT2D eigenvalue weighted by Gasteiger charge is -2.08. The predicted octanol–water partition coefficient (Wildman–Crippen LogP) is 5.98. The molecule has 1 amide bonds. The van der Waals surface area contributed by atoms with Gasteiger partial charge in [-0.1, -0.05) is 18.2 Å². The van der Waals surface area contributed by atoms with Gasteiger partial charge in [0.15, 0.2) is 10.8 Å². The van der Waals surface area contributed by atoms with E-state index in [0.717, 1.165) is 4.88 Å². The molecule has 4 aromatic heterocycles. The van der Waals surface area contributed by atoms with Crippen molar-refractivity contribution in [2.45, 2.75) is 13.5 Å². The Bertz CT molecular complexity index is 1490. The molecule has 172 valence electrons. The standard InChI is InChI=1S/C23H17F2N5O2S2/c1-12-19-14(10-15(18-8-5-9-33-18)26-20(19)30(2)29-12)21(31)28-23-27-16(11-34-23)13-6-3-4-7-17(13)32-22(24)25/h3-11,22H,1-2H3,(H,27,28,31). The molecule has 0 atom stereocenters. The Balaban J connectivity index is 1.50. The van der Waals surface area contributed by atoms with E-state index < -0.39 is 6.61 Å². The lowest BCUT2D eigenvalue weighted by molar-refractivity contribution is -0.0494. The average Bonchev–Trinajstić information content (AvgIpc) is 3.55. The molecular formula is C23H17F2N5O2S2. The lowest BCUT2D eigenvalue weighted by Crippen LogP contribution is -2.13. The summed E-state index contributed by atoms with van der Waals surface area (Å²) in [6.07, 6.45) is 0. The third-order valence-corrected chi connectivity index (χ3v) is 6.74. The highest BCUT2D eigenvalue weighted by molar-refractivity contribution is 7.14. The maximum absolute atomic E-state index is 13.3. The zero-order chi connectivity index (χ0) is 23.8. The largest absolute Gasteiger partial charge is 0.434 e. The van der Waals surface area contributed by atoms with Crippen LogP contribution in [0.3, 0.4) is 0 Å². The number of alkyl halides is 2. The molecule has 0 aliphatic heterocycles. The van der Waals surface area contributed by atoms with E-state index in [0.29, 0.717) is 44.4 Å². The van der Waals surface area contributed by atoms with Crippen molar-refractivity contribution in [3.05, 3.63) is 64.5 Å². The minimum Gasteiger partial charge on any atom is -0.434 e. The minimum absolute atomic E-state index is 0.0168. The quantitative estimate of drug-likeness (QED) is 0.312. The fraction of sp³-hybridized carbons (Fsp3) is 0.130. The van der Waals surface area contributed by atoms with Crippen molar-refractivity contribution in [1.82, 2.24) is 19.7 Å². The zero-order valence-corrected chi connectivity index (χ0v) is 19.6. The fourth-order valence-electron chi connectivity index (χ4n) is 3.67. The molecular weight excluding hydrogens is 480 g/mol. The first-order valence-electron chi connectivity index (χ1n) is 10.1. The average molecular weight is 498 g/mol. The number of nitrogens with one attached hydrogen (secondary N) is 1. The van der Waals surface area contributed by atoms with Gasteiger partial charge in [0.05, 0.1) is 32.9 Å². The highest BCUT2D eigenvalue weighted by Crippen LogP contribution is 2.34. The number of benzene rings is 1. The number of anilines is 1. The van der Waals surface area contributed by atoms with Gasteiger partial charge in [0, 0.05) is 18.0 Å². The summed E-state index contributed by atoms with van der Waals surface area (Å²) in [5.74, 6) is -0.345. The summed E-state index contributed by atoms with van der Waals surface area (Å²) in [6, 6.07) is 12.0. The number of fused-ring (bicyclic) bond motifs is 1. The van der Waals surface area contributed by atoms with Crippen molar-refractivity contribution in [3.63, 3.8) is 0 Å². The van der Waals surface area contributed by atoms with Crippen molar-refractivity contribution in [3.8, 4) is 27.6 Å². The molecule has 0 radical (unpaired) electrons. The van der Waals surface area contributed by atoms with Crippen LogP contribution in [0.4, 0.5) is 13.9 Å². The van der Waals surface area contributed by atoms with Crippen LogP contribution in [0.1, 0.15) is 16.1 Å². The molecule has 0 aliphatic carbocycles. The van der Waals surface area contributed by atoms with Crippen LogP contribution < -0.4 is 10.1 Å². The summed E-state index contributed by atoms with van der Waals surface area (Å²) in [7, 11) is 1.79. The van der Waals surface area contributed by atoms with Crippen LogP contribution in [-0.2, 0) is 7.05 Å². The number of pyridine rings is 1. The van der Waals surface area contributed by atoms with Crippen molar-refractivity contribution in [2.24, 2.45) is 7.05 Å². The summed E-state index contributed by atoms with van der Waals surface area (Å²) in [5, 5.41) is 11.9. The smallest absolute Gasteiger partial charge is 0.387 e. The summed E-state index contributed by atoms with van der Waals surface area (Å²) in [6.45, 7) is -1.12. The highest BCUT2D eigenvalue weighted by atomic mass is 32.1. The molecule has 0 bridgehead atoms. The van der Waals surface area contributed by atoms with Gasteiger partial charge in [-0.3, -0.25) is 14.8 Å². The van der Waals surface area contributed by atoms with Crippen LogP contribution in [0.25, 0.3) is 32.9 Å². The molecule has 0 unspecified atom stereocenters. The van der Waals surface area contributed by atoms with E-state index in [-0.39, 0.29) is 11.7 Å². The number of hydrogen-bond acceptors (Lipinski definition) is 7. The van der Waals surface area contributed by atoms with E-state index >= 15 is 0 Å². The number of aromatic nitrogens is 4. The third kappa shape index (κ3) is 4.15. The Kier molecular flexibility index (Phi) is 5.80. The molecule has 1 N–H and O–H groups in total. The molecule has 5 rings (SSSR count). The first kappa shape index (κ1) is 22.1. The fourth-order valence-corrected chi connectivity index (χ4v) is 5.06. The minimum atomic E-state index is -2.95. The number of halogens is 2. The van der Waals surface area contributed by atoms with E-state index in [2.05, 4.69) is 20.1 Å². The Morgan fingerprint density at radius 1 is 1.12 bits per heavy atom. The maximum Gasteiger partial charge on any atom is 0.387 e. The van der Waals surface area contributed by atoms with Gasteiger partial charge in [-0.15, -0.1) is 22.7 Å². The number of nitrogens with zero attached hydrogens (tertiary/aromatic N) is 4. The number of hydrogen-bond donors (Lipinski definition) is 1. The van der Waals surface area contributed by atoms with Crippen molar-refractivity contribution < 1.29 is 18.3 Å². The van der Waals surface area contributed by atoms with Crippen LogP contribution >= 0.6 is 22.7 Å². The third-order valence-electron chi connectivity index (χ3n) is 5.09. The van der Waals surface area contributed by atoms with Crippen molar-refractivity contribution in [1.29, 1.82) is 0 Å². The van der Waals surface area contributed by atoms with E-state index in [1.807, 2.05) is 24.4 Å². The summed E-state index contributed by atoms with van der Waals surface area (Å²) < 4.78 is 31.8. The van der Waals surface area contributed by atoms with Gasteiger partial charge in [0.1, 0.15) is 5.75 Å². The van der Waals surface area contributed by atoms with E-state index in [1.54, 1.807) is 41.4 Å². The molecule has 0 saturated heterocycles. The summed E-state index contributed by atoms with van der Waals surface area (Å²) in [5.41, 5.74) is 3.23. The molecule has 4 heterocycles. The van der Waals surface area contributed by atoms with Crippen molar-refractivity contribution >= 4 is 44.7 Å². The van der Waals surface area contributed by atoms with Gasteiger partial charge in [0.2, 0.25) is 0 Å². The van der Waals surface area contributed by atoms with Gasteiger partial charge in [-0.25, -0.2) is 9.97 Å². The Morgan fingerprint density at radius 3 is 2.71 bits per heavy atom. The van der Waals surface area contributed by atoms with Gasteiger partial charge in [0.25, 0.3) is 5.91 Å². The normalized spacial score (nSPS) is 11.3. The molecule has 0 spiro atoms. The number of carbonyl (C=O) groups is 1. The molecule has 5 aromatic rings. The van der Waals surface area contributed by atoms with Crippen LogP contribution in [0.2, 0.25) is 0 Å².